The Bertz CT molecular complexity index is 550. The van der Waals surface area contributed by atoms with Gasteiger partial charge in [-0.1, -0.05) is 12.1 Å². The van der Waals surface area contributed by atoms with E-state index in [0.29, 0.717) is 13.0 Å². The van der Waals surface area contributed by atoms with Crippen molar-refractivity contribution in [1.82, 2.24) is 4.72 Å². The number of carbonyl (C=O) groups excluding carboxylic acids is 1. The molecule has 6 nitrogen and oxygen atoms in total. The van der Waals surface area contributed by atoms with E-state index in [-0.39, 0.29) is 4.90 Å². The summed E-state index contributed by atoms with van der Waals surface area (Å²) >= 11 is 0. The summed E-state index contributed by atoms with van der Waals surface area (Å²) in [7, 11) is -3.78. The van der Waals surface area contributed by atoms with Gasteiger partial charge in [0.15, 0.2) is 0 Å². The molecule has 0 radical (unpaired) electrons. The van der Waals surface area contributed by atoms with Crippen molar-refractivity contribution in [3.8, 4) is 0 Å². The largest absolute Gasteiger partial charge is 0.368 e. The van der Waals surface area contributed by atoms with Crippen LogP contribution in [0.4, 0.5) is 0 Å². The second kappa shape index (κ2) is 5.68. The number of benzene rings is 1. The van der Waals surface area contributed by atoms with Crippen LogP contribution >= 0.6 is 0 Å². The van der Waals surface area contributed by atoms with Crippen LogP contribution in [0.3, 0.4) is 0 Å². The summed E-state index contributed by atoms with van der Waals surface area (Å²) in [5.74, 6) is -0.740. The van der Waals surface area contributed by atoms with Crippen molar-refractivity contribution in [1.29, 1.82) is 0 Å². The van der Waals surface area contributed by atoms with Crippen LogP contribution in [-0.2, 0) is 21.2 Å². The number of sulfonamides is 1. The minimum absolute atomic E-state index is 0.0857. The topological polar surface area (TPSA) is 115 Å². The number of primary amides is 1. The van der Waals surface area contributed by atoms with Crippen molar-refractivity contribution in [3.05, 3.63) is 29.8 Å². The normalized spacial score (nSPS) is 12.4. The van der Waals surface area contributed by atoms with Gasteiger partial charge in [-0.2, -0.15) is 4.72 Å². The van der Waals surface area contributed by atoms with Gasteiger partial charge in [0.05, 0.1) is 4.90 Å². The molecule has 0 saturated carbocycles. The summed E-state index contributed by atoms with van der Waals surface area (Å²) in [5.41, 5.74) is 10.2. The first-order valence-electron chi connectivity index (χ1n) is 5.82. The van der Waals surface area contributed by atoms with Crippen LogP contribution in [0.25, 0.3) is 0 Å². The standard InChI is InChI=1S/C12H19N3O3S/c1-12(2,11(14)16)15-19(17,18)10-5-3-9(4-6-10)7-8-13/h3-6,15H,7-8,13H2,1-2H3,(H2,14,16). The summed E-state index contributed by atoms with van der Waals surface area (Å²) in [6.07, 6.45) is 0.681. The molecule has 0 heterocycles. The van der Waals surface area contributed by atoms with Crippen molar-refractivity contribution in [2.24, 2.45) is 11.5 Å². The van der Waals surface area contributed by atoms with Gasteiger partial charge < -0.3 is 11.5 Å². The molecular formula is C12H19N3O3S. The quantitative estimate of drug-likeness (QED) is 0.667. The summed E-state index contributed by atoms with van der Waals surface area (Å²) in [5, 5.41) is 0. The third-order valence-corrected chi connectivity index (χ3v) is 4.34. The molecular weight excluding hydrogens is 266 g/mol. The Balaban J connectivity index is 2.98. The first-order chi connectivity index (χ1) is 8.69. The summed E-state index contributed by atoms with van der Waals surface area (Å²) in [4.78, 5) is 11.2. The number of amides is 1. The van der Waals surface area contributed by atoms with E-state index in [1.807, 2.05) is 0 Å². The van der Waals surface area contributed by atoms with Crippen LogP contribution in [0.15, 0.2) is 29.2 Å². The van der Waals surface area contributed by atoms with Crippen LogP contribution in [0, 0.1) is 0 Å². The summed E-state index contributed by atoms with van der Waals surface area (Å²) in [6, 6.07) is 6.34. The van der Waals surface area contributed by atoms with Crippen LogP contribution in [-0.4, -0.2) is 26.4 Å². The summed E-state index contributed by atoms with van der Waals surface area (Å²) in [6.45, 7) is 3.32. The molecule has 0 spiro atoms. The second-order valence-electron chi connectivity index (χ2n) is 4.78. The number of hydrogen-bond donors (Lipinski definition) is 3. The Morgan fingerprint density at radius 2 is 1.79 bits per heavy atom. The molecule has 0 fully saturated rings. The van der Waals surface area contributed by atoms with Gasteiger partial charge >= 0.3 is 0 Å². The zero-order valence-electron chi connectivity index (χ0n) is 11.0. The molecule has 1 aromatic rings. The van der Waals surface area contributed by atoms with E-state index in [9.17, 15) is 13.2 Å². The molecule has 0 saturated heterocycles. The van der Waals surface area contributed by atoms with Crippen molar-refractivity contribution < 1.29 is 13.2 Å². The van der Waals surface area contributed by atoms with Gasteiger partial charge in [-0.05, 0) is 44.5 Å². The van der Waals surface area contributed by atoms with Crippen molar-refractivity contribution >= 4 is 15.9 Å². The molecule has 0 aromatic heterocycles. The molecule has 0 aliphatic heterocycles. The molecule has 1 amide bonds. The van der Waals surface area contributed by atoms with Gasteiger partial charge in [0.1, 0.15) is 5.54 Å². The SMILES string of the molecule is CC(C)(NS(=O)(=O)c1ccc(CCN)cc1)C(N)=O. The average molecular weight is 285 g/mol. The number of nitrogens with one attached hydrogen (secondary N) is 1. The lowest BCUT2D eigenvalue weighted by Gasteiger charge is -2.22. The first-order valence-corrected chi connectivity index (χ1v) is 7.30. The Morgan fingerprint density at radius 3 is 2.21 bits per heavy atom. The predicted octanol–water partition coefficient (Wildman–Crippen LogP) is -0.270. The smallest absolute Gasteiger partial charge is 0.241 e. The maximum atomic E-state index is 12.1. The summed E-state index contributed by atoms with van der Waals surface area (Å²) < 4.78 is 26.4. The van der Waals surface area contributed by atoms with Crippen LogP contribution < -0.4 is 16.2 Å². The molecule has 0 aliphatic rings. The van der Waals surface area contributed by atoms with E-state index in [2.05, 4.69) is 4.72 Å². The highest BCUT2D eigenvalue weighted by Crippen LogP contribution is 2.14. The molecule has 0 atom stereocenters. The lowest BCUT2D eigenvalue weighted by molar-refractivity contribution is -0.122. The van der Waals surface area contributed by atoms with E-state index >= 15 is 0 Å². The highest BCUT2D eigenvalue weighted by molar-refractivity contribution is 7.89. The third-order valence-electron chi connectivity index (χ3n) is 2.67. The molecule has 106 valence electrons. The van der Waals surface area contributed by atoms with E-state index in [1.165, 1.54) is 26.0 Å². The number of nitrogens with two attached hydrogens (primary N) is 2. The molecule has 0 unspecified atom stereocenters. The lowest BCUT2D eigenvalue weighted by atomic mass is 10.1. The molecule has 1 rings (SSSR count). The second-order valence-corrected chi connectivity index (χ2v) is 6.46. The predicted molar refractivity (Wildman–Crippen MR) is 72.8 cm³/mol. The van der Waals surface area contributed by atoms with E-state index < -0.39 is 21.5 Å². The van der Waals surface area contributed by atoms with Gasteiger partial charge in [-0.3, -0.25) is 4.79 Å². The van der Waals surface area contributed by atoms with Gasteiger partial charge in [-0.15, -0.1) is 0 Å². The highest BCUT2D eigenvalue weighted by atomic mass is 32.2. The first kappa shape index (κ1) is 15.6. The van der Waals surface area contributed by atoms with Gasteiger partial charge in [0.2, 0.25) is 15.9 Å². The Morgan fingerprint density at radius 1 is 1.26 bits per heavy atom. The number of carbonyl (C=O) groups is 1. The van der Waals surface area contributed by atoms with Crippen molar-refractivity contribution in [2.75, 3.05) is 6.54 Å². The minimum Gasteiger partial charge on any atom is -0.368 e. The Hall–Kier alpha value is -1.44. The molecule has 0 bridgehead atoms. The van der Waals surface area contributed by atoms with E-state index in [1.54, 1.807) is 12.1 Å². The number of rotatable bonds is 6. The van der Waals surface area contributed by atoms with Crippen molar-refractivity contribution in [3.63, 3.8) is 0 Å². The molecule has 19 heavy (non-hydrogen) atoms. The Labute approximate surface area is 113 Å². The monoisotopic (exact) mass is 285 g/mol. The Kier molecular flexibility index (Phi) is 4.67. The molecule has 0 aliphatic carbocycles. The van der Waals surface area contributed by atoms with Gasteiger partial charge in [-0.25, -0.2) is 8.42 Å². The molecule has 1 aromatic carbocycles. The zero-order valence-corrected chi connectivity index (χ0v) is 11.8. The van der Waals surface area contributed by atoms with Crippen LogP contribution in [0.2, 0.25) is 0 Å². The van der Waals surface area contributed by atoms with Crippen LogP contribution in [0.1, 0.15) is 19.4 Å². The van der Waals surface area contributed by atoms with Crippen molar-refractivity contribution in [2.45, 2.75) is 30.7 Å². The zero-order chi connectivity index (χ0) is 14.7. The fraction of sp³-hybridized carbons (Fsp3) is 0.417. The van der Waals surface area contributed by atoms with E-state index in [0.717, 1.165) is 5.56 Å². The third kappa shape index (κ3) is 4.02. The molecule has 5 N–H and O–H groups in total. The van der Waals surface area contributed by atoms with Crippen LogP contribution in [0.5, 0.6) is 0 Å². The fourth-order valence-electron chi connectivity index (χ4n) is 1.45. The maximum Gasteiger partial charge on any atom is 0.241 e. The maximum absolute atomic E-state index is 12.1. The van der Waals surface area contributed by atoms with Gasteiger partial charge in [0.25, 0.3) is 0 Å². The van der Waals surface area contributed by atoms with E-state index in [4.69, 9.17) is 11.5 Å². The average Bonchev–Trinajstić information content (AvgIpc) is 2.28. The lowest BCUT2D eigenvalue weighted by Crippen LogP contribution is -2.52. The highest BCUT2D eigenvalue weighted by Gasteiger charge is 2.31. The minimum atomic E-state index is -3.78. The van der Waals surface area contributed by atoms with Gasteiger partial charge in [0, 0.05) is 0 Å². The number of hydrogen-bond acceptors (Lipinski definition) is 4. The molecule has 7 heteroatoms. The fourth-order valence-corrected chi connectivity index (χ4v) is 2.83.